The van der Waals surface area contributed by atoms with Crippen molar-refractivity contribution in [3.63, 3.8) is 0 Å². The van der Waals surface area contributed by atoms with Gasteiger partial charge in [-0.3, -0.25) is 9.35 Å². The molecule has 16 atom stereocenters. The second-order valence-corrected chi connectivity index (χ2v) is 14.8. The Kier molecular flexibility index (Phi) is 58.7. The first-order chi connectivity index (χ1) is 29.3. The summed E-state index contributed by atoms with van der Waals surface area (Å²) in [5.74, 6) is -7.91. The topological polar surface area (TPSA) is 637 Å². The van der Waals surface area contributed by atoms with Crippen molar-refractivity contribution >= 4 is 158 Å². The maximum atomic E-state index is 10.8. The normalized spacial score (nSPS) is 17.7. The second-order valence-electron chi connectivity index (χ2n) is 13.4. The molecule has 33 nitrogen and oxygen atoms in total. The fourth-order valence-electron chi connectivity index (χ4n) is 3.55. The van der Waals surface area contributed by atoms with Gasteiger partial charge in [-0.05, 0) is 19.9 Å². The number of amides is 1. The van der Waals surface area contributed by atoms with E-state index in [1.54, 1.807) is 0 Å². The van der Waals surface area contributed by atoms with Gasteiger partial charge in [-0.2, -0.15) is 8.42 Å². The SMILES string of the molecule is C=CC(=O)NC(C)(C)CS(=O)(=O)O.O=C(O)[C@H](O)[C@@H](O)[C@H](O)[C@H](O)CO.O=C(O)[C@H](O)[C@@H](O)[C@H](O)[C@H](O)CO.O=C(O)[C@H](O)[C@@H](O)[C@H](O)[C@H](O)CO.O=C(O)[C@H](O)[C@@H](O)[C@H](O)[C@H](O)CO.[NaH].[NaH].[NaH].[NaH]. The van der Waals surface area contributed by atoms with Crippen LogP contribution in [0.2, 0.25) is 0 Å². The first-order valence-corrected chi connectivity index (χ1v) is 19.1. The fraction of sp³-hybridized carbons (Fsp3) is 0.774. The number of hydrogen-bond donors (Lipinski definition) is 26. The molecule has 69 heavy (non-hydrogen) atoms. The summed E-state index contributed by atoms with van der Waals surface area (Å²) in [5, 5.41) is 210. The number of rotatable bonds is 24. The zero-order chi connectivity index (χ0) is 53.1. The first-order valence-electron chi connectivity index (χ1n) is 17.5. The van der Waals surface area contributed by atoms with Crippen LogP contribution in [0.15, 0.2) is 12.7 Å². The zero-order valence-electron chi connectivity index (χ0n) is 34.0. The fourth-order valence-corrected chi connectivity index (χ4v) is 4.53. The van der Waals surface area contributed by atoms with Crippen molar-refractivity contribution in [2.45, 2.75) is 117 Å². The molecule has 0 aromatic heterocycles. The minimum atomic E-state index is -4.08. The third-order valence-electron chi connectivity index (χ3n) is 7.22. The molecule has 26 N–H and O–H groups in total. The molecular weight excluding hydrogens is 1020 g/mol. The molecule has 38 heteroatoms. The average Bonchev–Trinajstić information content (AvgIpc) is 3.23. The molecule has 1 amide bonds. The molecule has 0 bridgehead atoms. The Morgan fingerprint density at radius 3 is 0.739 bits per heavy atom. The van der Waals surface area contributed by atoms with Crippen LogP contribution in [-0.2, 0) is 34.1 Å². The Labute approximate surface area is 480 Å². The molecule has 0 unspecified atom stereocenters. The molecule has 0 aliphatic rings. The van der Waals surface area contributed by atoms with Crippen molar-refractivity contribution < 1.29 is 159 Å². The van der Waals surface area contributed by atoms with Gasteiger partial charge in [0.1, 0.15) is 73.2 Å². The van der Waals surface area contributed by atoms with Crippen LogP contribution in [0.5, 0.6) is 0 Å². The van der Waals surface area contributed by atoms with Crippen molar-refractivity contribution in [3.05, 3.63) is 12.7 Å². The molecule has 0 saturated heterocycles. The van der Waals surface area contributed by atoms with Gasteiger partial charge in [-0.15, -0.1) is 0 Å². The quantitative estimate of drug-likeness (QED) is 0.0242. The molecule has 0 aliphatic carbocycles. The molecular formula is C31H65NNa4O32S. The van der Waals surface area contributed by atoms with Crippen LogP contribution in [0.25, 0.3) is 0 Å². The number of carboxylic acids is 4. The number of carbonyl (C=O) groups excluding carboxylic acids is 1. The summed E-state index contributed by atoms with van der Waals surface area (Å²) in [6.45, 7) is 2.82. The molecule has 0 fully saturated rings. The first kappa shape index (κ1) is 88.8. The van der Waals surface area contributed by atoms with Crippen molar-refractivity contribution in [1.82, 2.24) is 5.32 Å². The Morgan fingerprint density at radius 2 is 0.623 bits per heavy atom. The van der Waals surface area contributed by atoms with Gasteiger partial charge in [-0.25, -0.2) is 19.2 Å². The van der Waals surface area contributed by atoms with Gasteiger partial charge in [0.2, 0.25) is 5.91 Å². The van der Waals surface area contributed by atoms with Crippen molar-refractivity contribution in [3.8, 4) is 0 Å². The third-order valence-corrected chi connectivity index (χ3v) is 8.31. The van der Waals surface area contributed by atoms with Crippen LogP contribution in [0.3, 0.4) is 0 Å². The van der Waals surface area contributed by atoms with Crippen molar-refractivity contribution in [2.24, 2.45) is 0 Å². The molecule has 0 aliphatic heterocycles. The molecule has 0 aromatic rings. The second kappa shape index (κ2) is 45.6. The Bertz CT molecular complexity index is 1350. The number of carbonyl (C=O) groups is 5. The van der Waals surface area contributed by atoms with Crippen LogP contribution in [0, 0.1) is 0 Å². The van der Waals surface area contributed by atoms with Gasteiger partial charge in [0.05, 0.1) is 37.7 Å². The van der Waals surface area contributed by atoms with Crippen molar-refractivity contribution in [2.75, 3.05) is 32.2 Å². The Morgan fingerprint density at radius 1 is 0.449 bits per heavy atom. The van der Waals surface area contributed by atoms with E-state index in [0.29, 0.717) is 0 Å². The summed E-state index contributed by atoms with van der Waals surface area (Å²) < 4.78 is 29.5. The van der Waals surface area contributed by atoms with Crippen molar-refractivity contribution in [1.29, 1.82) is 0 Å². The average molecular weight is 1090 g/mol. The molecule has 0 heterocycles. The molecule has 396 valence electrons. The van der Waals surface area contributed by atoms with Gasteiger partial charge in [0.15, 0.2) is 24.4 Å². The summed E-state index contributed by atoms with van der Waals surface area (Å²) in [6.07, 6.45) is -30.3. The summed E-state index contributed by atoms with van der Waals surface area (Å²) in [6, 6.07) is 0. The Hall–Kier alpha value is 0.200. The number of aliphatic hydroxyl groups excluding tert-OH is 20. The van der Waals surface area contributed by atoms with E-state index in [9.17, 15) is 32.4 Å². The van der Waals surface area contributed by atoms with Crippen LogP contribution >= 0.6 is 0 Å². The van der Waals surface area contributed by atoms with Crippen LogP contribution in [0.4, 0.5) is 0 Å². The monoisotopic (exact) mass is 1090 g/mol. The number of hydrogen-bond acceptors (Lipinski definition) is 27. The number of carboxylic acid groups (broad SMARTS) is 4. The number of nitrogens with one attached hydrogen (secondary N) is 1. The van der Waals surface area contributed by atoms with Gasteiger partial charge < -0.3 is 128 Å². The predicted molar refractivity (Wildman–Crippen MR) is 232 cm³/mol. The predicted octanol–water partition coefficient (Wildman–Crippen LogP) is -16.6. The van der Waals surface area contributed by atoms with E-state index >= 15 is 0 Å². The van der Waals surface area contributed by atoms with Crippen LogP contribution < -0.4 is 5.32 Å². The summed E-state index contributed by atoms with van der Waals surface area (Å²) in [4.78, 5) is 51.2. The molecule has 0 rings (SSSR count). The van der Waals surface area contributed by atoms with Crippen LogP contribution in [-0.4, -0.2) is 419 Å². The van der Waals surface area contributed by atoms with Gasteiger partial charge in [0, 0.05) is 0 Å². The standard InChI is InChI=1S/C7H13NO4S.4C6H12O7.4Na.4H/c1-4-6(9)8-7(2,3)5-13(10,11)12;4*7-1-2(8)3(9)4(10)5(11)6(12)13;;;;;;;;/h4H,1,5H2,2-3H3,(H,8,9)(H,10,11,12);4*2-5,7-11H,1H2,(H,12,13);;;;;;;;/t;4*2-,3-,4+,5-;;;;;;;;/m.1111......../s1. The summed E-state index contributed by atoms with van der Waals surface area (Å²) in [5.41, 5.74) is -1.00. The third kappa shape index (κ3) is 41.2. The van der Waals surface area contributed by atoms with E-state index < -0.39 is 175 Å². The van der Waals surface area contributed by atoms with E-state index in [4.69, 9.17) is 127 Å². The molecule has 0 spiro atoms. The number of aliphatic hydroxyl groups is 20. The minimum absolute atomic E-state index is 0. The molecule has 0 radical (unpaired) electrons. The van der Waals surface area contributed by atoms with E-state index in [1.165, 1.54) is 13.8 Å². The Balaban J connectivity index is -0.0000000918. The molecule has 0 aromatic carbocycles. The van der Waals surface area contributed by atoms with E-state index in [1.807, 2.05) is 0 Å². The zero-order valence-corrected chi connectivity index (χ0v) is 34.8. The van der Waals surface area contributed by atoms with Gasteiger partial charge >= 0.3 is 142 Å². The summed E-state index contributed by atoms with van der Waals surface area (Å²) in [7, 11) is -4.08. The summed E-state index contributed by atoms with van der Waals surface area (Å²) >= 11 is 0. The molecule has 0 saturated carbocycles. The van der Waals surface area contributed by atoms with Gasteiger partial charge in [0.25, 0.3) is 10.1 Å². The van der Waals surface area contributed by atoms with Crippen LogP contribution in [0.1, 0.15) is 13.8 Å². The van der Waals surface area contributed by atoms with Gasteiger partial charge in [-0.1, -0.05) is 6.58 Å². The maximum absolute atomic E-state index is 10.8. The van der Waals surface area contributed by atoms with E-state index in [2.05, 4.69) is 11.9 Å². The number of aliphatic carboxylic acids is 4. The van der Waals surface area contributed by atoms with E-state index in [0.717, 1.165) is 6.08 Å². The van der Waals surface area contributed by atoms with E-state index in [-0.39, 0.29) is 118 Å².